The summed E-state index contributed by atoms with van der Waals surface area (Å²) < 4.78 is 16.1. The van der Waals surface area contributed by atoms with Crippen LogP contribution in [0.1, 0.15) is 47.3 Å². The van der Waals surface area contributed by atoms with Crippen molar-refractivity contribution in [3.63, 3.8) is 0 Å². The van der Waals surface area contributed by atoms with Gasteiger partial charge in [0.1, 0.15) is 0 Å². The van der Waals surface area contributed by atoms with Crippen molar-refractivity contribution in [1.29, 1.82) is 0 Å². The molecule has 3 rings (SSSR count). The van der Waals surface area contributed by atoms with Gasteiger partial charge in [-0.15, -0.1) is 0 Å². The SMILES string of the molecule is COc1ccc(CNC(=O)c2n[nH]c3c2C[C@H](C)O[C@@H]3C)c(OC)n1. The molecule has 0 spiro atoms. The van der Waals surface area contributed by atoms with Crippen molar-refractivity contribution in [3.05, 3.63) is 34.6 Å². The summed E-state index contributed by atoms with van der Waals surface area (Å²) in [4.78, 5) is 16.8. The lowest BCUT2D eigenvalue weighted by Gasteiger charge is -2.25. The van der Waals surface area contributed by atoms with Gasteiger partial charge in [0.15, 0.2) is 5.69 Å². The number of amides is 1. The number of carbonyl (C=O) groups is 1. The molecule has 0 aliphatic carbocycles. The van der Waals surface area contributed by atoms with E-state index in [9.17, 15) is 4.79 Å². The molecule has 134 valence electrons. The number of rotatable bonds is 5. The number of aromatic amines is 1. The second kappa shape index (κ2) is 7.10. The zero-order valence-corrected chi connectivity index (χ0v) is 14.8. The first kappa shape index (κ1) is 17.2. The number of methoxy groups -OCH3 is 2. The van der Waals surface area contributed by atoms with E-state index < -0.39 is 0 Å². The summed E-state index contributed by atoms with van der Waals surface area (Å²) in [5.74, 6) is 0.632. The third-order valence-electron chi connectivity index (χ3n) is 4.20. The maximum atomic E-state index is 12.6. The van der Waals surface area contributed by atoms with Gasteiger partial charge in [-0.25, -0.2) is 0 Å². The Morgan fingerprint density at radius 3 is 2.88 bits per heavy atom. The molecule has 0 aromatic carbocycles. The van der Waals surface area contributed by atoms with Gasteiger partial charge < -0.3 is 19.5 Å². The highest BCUT2D eigenvalue weighted by Gasteiger charge is 2.29. The first-order valence-corrected chi connectivity index (χ1v) is 8.12. The van der Waals surface area contributed by atoms with Gasteiger partial charge in [0, 0.05) is 30.2 Å². The van der Waals surface area contributed by atoms with Gasteiger partial charge in [0.2, 0.25) is 11.8 Å². The third-order valence-corrected chi connectivity index (χ3v) is 4.20. The number of carbonyl (C=O) groups excluding carboxylic acids is 1. The quantitative estimate of drug-likeness (QED) is 0.856. The zero-order valence-electron chi connectivity index (χ0n) is 14.8. The van der Waals surface area contributed by atoms with Crippen molar-refractivity contribution in [1.82, 2.24) is 20.5 Å². The Morgan fingerprint density at radius 1 is 1.36 bits per heavy atom. The molecular weight excluding hydrogens is 324 g/mol. The van der Waals surface area contributed by atoms with E-state index in [0.29, 0.717) is 23.9 Å². The molecular formula is C17H22N4O4. The van der Waals surface area contributed by atoms with Crippen LogP contribution in [0.4, 0.5) is 0 Å². The van der Waals surface area contributed by atoms with Crippen LogP contribution >= 0.6 is 0 Å². The topological polar surface area (TPSA) is 98.4 Å². The van der Waals surface area contributed by atoms with Crippen molar-refractivity contribution >= 4 is 5.91 Å². The van der Waals surface area contributed by atoms with Crippen molar-refractivity contribution < 1.29 is 19.0 Å². The maximum Gasteiger partial charge on any atom is 0.272 e. The molecule has 0 bridgehead atoms. The lowest BCUT2D eigenvalue weighted by atomic mass is 9.99. The molecule has 2 aromatic rings. The molecule has 25 heavy (non-hydrogen) atoms. The average molecular weight is 346 g/mol. The summed E-state index contributed by atoms with van der Waals surface area (Å²) in [6.07, 6.45) is 0.614. The Hall–Kier alpha value is -2.61. The molecule has 2 atom stereocenters. The molecule has 0 unspecified atom stereocenters. The fourth-order valence-electron chi connectivity index (χ4n) is 3.00. The smallest absolute Gasteiger partial charge is 0.272 e. The predicted octanol–water partition coefficient (Wildman–Crippen LogP) is 1.77. The molecule has 0 radical (unpaired) electrons. The zero-order chi connectivity index (χ0) is 18.0. The minimum Gasteiger partial charge on any atom is -0.481 e. The predicted molar refractivity (Wildman–Crippen MR) is 89.8 cm³/mol. The lowest BCUT2D eigenvalue weighted by Crippen LogP contribution is -2.27. The molecule has 2 aromatic heterocycles. The lowest BCUT2D eigenvalue weighted by molar-refractivity contribution is -0.00697. The van der Waals surface area contributed by atoms with E-state index in [1.54, 1.807) is 6.07 Å². The molecule has 3 heterocycles. The standard InChI is InChI=1S/C17H22N4O4/c1-9-7-12-14(10(2)25-9)20-21-15(12)16(22)18-8-11-5-6-13(23-3)19-17(11)24-4/h5-6,9-10H,7-8H2,1-4H3,(H,18,22)(H,20,21)/t9-,10+/m0/s1. The normalized spacial score (nSPS) is 19.2. The van der Waals surface area contributed by atoms with Crippen LogP contribution in [0.2, 0.25) is 0 Å². The minimum atomic E-state index is -0.239. The largest absolute Gasteiger partial charge is 0.481 e. The first-order valence-electron chi connectivity index (χ1n) is 8.12. The Balaban J connectivity index is 1.74. The number of hydrogen-bond acceptors (Lipinski definition) is 6. The highest BCUT2D eigenvalue weighted by atomic mass is 16.5. The van der Waals surface area contributed by atoms with Gasteiger partial charge in [-0.1, -0.05) is 0 Å². The van der Waals surface area contributed by atoms with Crippen LogP contribution in [0.15, 0.2) is 12.1 Å². The number of nitrogens with zero attached hydrogens (tertiary/aromatic N) is 2. The maximum absolute atomic E-state index is 12.6. The number of ether oxygens (including phenoxy) is 3. The van der Waals surface area contributed by atoms with Gasteiger partial charge in [0.25, 0.3) is 5.91 Å². The van der Waals surface area contributed by atoms with Gasteiger partial charge in [-0.05, 0) is 19.9 Å². The van der Waals surface area contributed by atoms with Gasteiger partial charge in [0.05, 0.1) is 32.1 Å². The van der Waals surface area contributed by atoms with E-state index >= 15 is 0 Å². The van der Waals surface area contributed by atoms with Crippen LogP contribution in [-0.4, -0.2) is 41.4 Å². The van der Waals surface area contributed by atoms with Crippen LogP contribution < -0.4 is 14.8 Å². The summed E-state index contributed by atoms with van der Waals surface area (Å²) in [5, 5.41) is 9.98. The molecule has 1 aliphatic rings. The summed E-state index contributed by atoms with van der Waals surface area (Å²) in [6.45, 7) is 4.21. The Labute approximate surface area is 145 Å². The molecule has 1 aliphatic heterocycles. The summed E-state index contributed by atoms with van der Waals surface area (Å²) >= 11 is 0. The minimum absolute atomic E-state index is 0.0533. The first-order chi connectivity index (χ1) is 12.0. The summed E-state index contributed by atoms with van der Waals surface area (Å²) in [7, 11) is 3.07. The van der Waals surface area contributed by atoms with Crippen LogP contribution in [-0.2, 0) is 17.7 Å². The summed E-state index contributed by atoms with van der Waals surface area (Å²) in [5.41, 5.74) is 2.96. The van der Waals surface area contributed by atoms with Crippen LogP contribution in [0.3, 0.4) is 0 Å². The van der Waals surface area contributed by atoms with E-state index in [1.807, 2.05) is 19.9 Å². The number of nitrogens with one attached hydrogen (secondary N) is 2. The Kier molecular flexibility index (Phi) is 4.89. The average Bonchev–Trinajstić information content (AvgIpc) is 3.03. The Morgan fingerprint density at radius 2 is 2.16 bits per heavy atom. The second-order valence-electron chi connectivity index (χ2n) is 5.96. The van der Waals surface area contributed by atoms with E-state index in [1.165, 1.54) is 14.2 Å². The Bertz CT molecular complexity index is 774. The molecule has 0 fully saturated rings. The second-order valence-corrected chi connectivity index (χ2v) is 5.96. The van der Waals surface area contributed by atoms with Crippen molar-refractivity contribution in [2.45, 2.75) is 39.0 Å². The highest BCUT2D eigenvalue weighted by Crippen LogP contribution is 2.30. The molecule has 0 saturated heterocycles. The number of hydrogen-bond donors (Lipinski definition) is 2. The number of pyridine rings is 1. The van der Waals surface area contributed by atoms with Crippen molar-refractivity contribution in [2.24, 2.45) is 0 Å². The molecule has 0 saturated carbocycles. The van der Waals surface area contributed by atoms with E-state index in [0.717, 1.165) is 16.8 Å². The van der Waals surface area contributed by atoms with Gasteiger partial charge >= 0.3 is 0 Å². The van der Waals surface area contributed by atoms with Crippen LogP contribution in [0, 0.1) is 0 Å². The number of aromatic nitrogens is 3. The van der Waals surface area contributed by atoms with Crippen LogP contribution in [0.25, 0.3) is 0 Å². The third kappa shape index (κ3) is 3.43. The van der Waals surface area contributed by atoms with Gasteiger partial charge in [-0.2, -0.15) is 10.1 Å². The fourth-order valence-corrected chi connectivity index (χ4v) is 3.00. The van der Waals surface area contributed by atoms with Gasteiger partial charge in [-0.3, -0.25) is 9.89 Å². The van der Waals surface area contributed by atoms with Crippen molar-refractivity contribution in [2.75, 3.05) is 14.2 Å². The van der Waals surface area contributed by atoms with E-state index in [2.05, 4.69) is 20.5 Å². The van der Waals surface area contributed by atoms with Crippen molar-refractivity contribution in [3.8, 4) is 11.8 Å². The fraction of sp³-hybridized carbons (Fsp3) is 0.471. The highest BCUT2D eigenvalue weighted by molar-refractivity contribution is 5.94. The van der Waals surface area contributed by atoms with E-state index in [-0.39, 0.29) is 24.7 Å². The van der Waals surface area contributed by atoms with Crippen LogP contribution in [0.5, 0.6) is 11.8 Å². The monoisotopic (exact) mass is 346 g/mol. The molecule has 1 amide bonds. The number of fused-ring (bicyclic) bond motifs is 1. The molecule has 8 heteroatoms. The summed E-state index contributed by atoms with van der Waals surface area (Å²) in [6, 6.07) is 3.53. The molecule has 8 nitrogen and oxygen atoms in total. The number of H-pyrrole nitrogens is 1. The molecule has 2 N–H and O–H groups in total. The van der Waals surface area contributed by atoms with E-state index in [4.69, 9.17) is 14.2 Å².